The standard InChI is InChI=1S/C61H40S/c1-61(2)54-30-15-14-24-44(54)52-34-53-56(36-55(52)61)62-57-35-51(42-23-8-9-25-45(42)60(53)57)43-31-32-50(41-22-7-6-21-40(41)43)59-48-28-12-10-26-46(48)58(47-27-11-13-29-49(47)59)39-20-16-19-38(33-39)37-17-4-3-5-18-37/h3-36H,1-2H3. The Morgan fingerprint density at radius 2 is 0.823 bits per heavy atom. The summed E-state index contributed by atoms with van der Waals surface area (Å²) in [5.74, 6) is 0. The number of fused-ring (bicyclic) bond motifs is 11. The largest absolute Gasteiger partial charge is 0.135 e. The molecule has 0 aliphatic heterocycles. The minimum atomic E-state index is -0.0331. The zero-order chi connectivity index (χ0) is 41.1. The Balaban J connectivity index is 1.04. The molecule has 1 aliphatic rings. The first-order valence-corrected chi connectivity index (χ1v) is 22.5. The van der Waals surface area contributed by atoms with Crippen molar-refractivity contribution in [1.29, 1.82) is 0 Å². The Labute approximate surface area is 365 Å². The third kappa shape index (κ3) is 5.06. The predicted octanol–water partition coefficient (Wildman–Crippen LogP) is 17.6. The normalized spacial score (nSPS) is 13.1. The van der Waals surface area contributed by atoms with E-state index < -0.39 is 0 Å². The monoisotopic (exact) mass is 804 g/mol. The molecule has 0 spiro atoms. The molecule has 1 aliphatic carbocycles. The fourth-order valence-corrected chi connectivity index (χ4v) is 12.2. The Morgan fingerprint density at radius 3 is 1.53 bits per heavy atom. The highest BCUT2D eigenvalue weighted by molar-refractivity contribution is 7.26. The van der Waals surface area contributed by atoms with Crippen LogP contribution >= 0.6 is 11.3 Å². The molecule has 0 saturated heterocycles. The van der Waals surface area contributed by atoms with Crippen LogP contribution in [0.5, 0.6) is 0 Å². The van der Waals surface area contributed by atoms with Gasteiger partial charge < -0.3 is 0 Å². The highest BCUT2D eigenvalue weighted by Crippen LogP contribution is 2.53. The molecule has 0 nitrogen and oxygen atoms in total. The number of hydrogen-bond donors (Lipinski definition) is 0. The molecule has 1 heterocycles. The van der Waals surface area contributed by atoms with Crippen LogP contribution in [-0.4, -0.2) is 0 Å². The second kappa shape index (κ2) is 13.3. The summed E-state index contributed by atoms with van der Waals surface area (Å²) in [6, 6.07) is 77.2. The molecule has 0 amide bonds. The van der Waals surface area contributed by atoms with E-state index in [4.69, 9.17) is 0 Å². The lowest BCUT2D eigenvalue weighted by Crippen LogP contribution is -2.14. The SMILES string of the molecule is CC1(C)c2ccccc2-c2cc3c(cc21)sc1cc(-c2ccc(-c4c5ccccc5c(-c5cccc(-c6ccccc6)c5)c5ccccc45)c4ccccc24)c2ccccc2c13. The molecule has 0 saturated carbocycles. The highest BCUT2D eigenvalue weighted by atomic mass is 32.1. The Morgan fingerprint density at radius 1 is 0.290 bits per heavy atom. The molecule has 0 unspecified atom stereocenters. The molecule has 62 heavy (non-hydrogen) atoms. The van der Waals surface area contributed by atoms with Crippen molar-refractivity contribution >= 4 is 74.6 Å². The van der Waals surface area contributed by atoms with Crippen molar-refractivity contribution in [3.8, 4) is 55.6 Å². The Kier molecular flexibility index (Phi) is 7.62. The first-order chi connectivity index (χ1) is 30.5. The predicted molar refractivity (Wildman–Crippen MR) is 269 cm³/mol. The molecule has 290 valence electrons. The van der Waals surface area contributed by atoms with E-state index in [9.17, 15) is 0 Å². The molecule has 1 heteroatoms. The average molecular weight is 805 g/mol. The van der Waals surface area contributed by atoms with E-state index in [0.29, 0.717) is 0 Å². The van der Waals surface area contributed by atoms with Gasteiger partial charge >= 0.3 is 0 Å². The number of rotatable bonds is 4. The molecule has 0 atom stereocenters. The van der Waals surface area contributed by atoms with Crippen molar-refractivity contribution in [2.45, 2.75) is 19.3 Å². The molecular formula is C61H40S. The maximum atomic E-state index is 2.49. The second-order valence-corrected chi connectivity index (χ2v) is 18.6. The zero-order valence-corrected chi connectivity index (χ0v) is 35.4. The van der Waals surface area contributed by atoms with Crippen LogP contribution in [0.15, 0.2) is 206 Å². The van der Waals surface area contributed by atoms with E-state index in [2.05, 4.69) is 220 Å². The van der Waals surface area contributed by atoms with Gasteiger partial charge in [-0.1, -0.05) is 196 Å². The molecule has 13 rings (SSSR count). The van der Waals surface area contributed by atoms with Gasteiger partial charge in [0, 0.05) is 25.6 Å². The summed E-state index contributed by atoms with van der Waals surface area (Å²) < 4.78 is 2.69. The maximum Gasteiger partial charge on any atom is 0.0368 e. The van der Waals surface area contributed by atoms with Gasteiger partial charge in [0.1, 0.15) is 0 Å². The zero-order valence-electron chi connectivity index (χ0n) is 34.5. The number of hydrogen-bond acceptors (Lipinski definition) is 1. The van der Waals surface area contributed by atoms with Crippen LogP contribution in [0.25, 0.3) is 119 Å². The smallest absolute Gasteiger partial charge is 0.0368 e. The van der Waals surface area contributed by atoms with Gasteiger partial charge in [-0.2, -0.15) is 0 Å². The minimum absolute atomic E-state index is 0.0331. The summed E-state index contributed by atoms with van der Waals surface area (Å²) in [6.45, 7) is 4.76. The Bertz CT molecular complexity index is 3770. The van der Waals surface area contributed by atoms with Crippen molar-refractivity contribution in [2.75, 3.05) is 0 Å². The lowest BCUT2D eigenvalue weighted by molar-refractivity contribution is 0.661. The van der Waals surface area contributed by atoms with Gasteiger partial charge in [0.2, 0.25) is 0 Å². The van der Waals surface area contributed by atoms with Crippen LogP contribution in [0.4, 0.5) is 0 Å². The van der Waals surface area contributed by atoms with Gasteiger partial charge in [-0.25, -0.2) is 0 Å². The summed E-state index contributed by atoms with van der Waals surface area (Å²) in [4.78, 5) is 0. The summed E-state index contributed by atoms with van der Waals surface area (Å²) in [5, 5.41) is 12.9. The van der Waals surface area contributed by atoms with Crippen molar-refractivity contribution in [3.63, 3.8) is 0 Å². The summed E-state index contributed by atoms with van der Waals surface area (Å²) in [6.07, 6.45) is 0. The van der Waals surface area contributed by atoms with Crippen molar-refractivity contribution in [2.24, 2.45) is 0 Å². The van der Waals surface area contributed by atoms with E-state index in [-0.39, 0.29) is 5.41 Å². The van der Waals surface area contributed by atoms with Gasteiger partial charge in [-0.05, 0) is 134 Å². The molecule has 1 aromatic heterocycles. The lowest BCUT2D eigenvalue weighted by Gasteiger charge is -2.21. The second-order valence-electron chi connectivity index (χ2n) is 17.5. The highest BCUT2D eigenvalue weighted by Gasteiger charge is 2.36. The number of benzene rings is 11. The molecule has 0 fully saturated rings. The molecule has 12 aromatic rings. The van der Waals surface area contributed by atoms with Crippen molar-refractivity contribution in [1.82, 2.24) is 0 Å². The van der Waals surface area contributed by atoms with E-state index >= 15 is 0 Å². The number of thiophene rings is 1. The van der Waals surface area contributed by atoms with Gasteiger partial charge in [-0.3, -0.25) is 0 Å². The van der Waals surface area contributed by atoms with Crippen molar-refractivity contribution < 1.29 is 0 Å². The molecule has 11 aromatic carbocycles. The molecule has 0 N–H and O–H groups in total. The van der Waals surface area contributed by atoms with Crippen LogP contribution in [0, 0.1) is 0 Å². The van der Waals surface area contributed by atoms with Gasteiger partial charge in [0.15, 0.2) is 0 Å². The maximum absolute atomic E-state index is 2.49. The van der Waals surface area contributed by atoms with Crippen molar-refractivity contribution in [3.05, 3.63) is 217 Å². The first-order valence-electron chi connectivity index (χ1n) is 21.7. The van der Waals surface area contributed by atoms with Crippen LogP contribution in [0.3, 0.4) is 0 Å². The molecule has 0 bridgehead atoms. The quantitative estimate of drug-likeness (QED) is 0.155. The van der Waals surface area contributed by atoms with Gasteiger partial charge in [0.05, 0.1) is 0 Å². The Hall–Kier alpha value is -7.32. The summed E-state index contributed by atoms with van der Waals surface area (Å²) in [5.41, 5.74) is 15.6. The van der Waals surface area contributed by atoms with E-state index in [0.717, 1.165) is 0 Å². The first kappa shape index (κ1) is 35.4. The lowest BCUT2D eigenvalue weighted by atomic mass is 9.82. The van der Waals surface area contributed by atoms with Gasteiger partial charge in [0.25, 0.3) is 0 Å². The third-order valence-corrected chi connectivity index (χ3v) is 15.0. The third-order valence-electron chi connectivity index (χ3n) is 13.9. The van der Waals surface area contributed by atoms with E-state index in [1.54, 1.807) is 0 Å². The van der Waals surface area contributed by atoms with Crippen LogP contribution < -0.4 is 0 Å². The van der Waals surface area contributed by atoms with Crippen LogP contribution in [-0.2, 0) is 5.41 Å². The topological polar surface area (TPSA) is 0 Å². The summed E-state index contributed by atoms with van der Waals surface area (Å²) in [7, 11) is 0. The molecular weight excluding hydrogens is 765 g/mol. The summed E-state index contributed by atoms with van der Waals surface area (Å²) >= 11 is 1.94. The van der Waals surface area contributed by atoms with E-state index in [1.807, 2.05) is 11.3 Å². The average Bonchev–Trinajstić information content (AvgIpc) is 3.80. The van der Waals surface area contributed by atoms with Gasteiger partial charge in [-0.15, -0.1) is 11.3 Å². The van der Waals surface area contributed by atoms with Crippen LogP contribution in [0.1, 0.15) is 25.0 Å². The van der Waals surface area contributed by atoms with E-state index in [1.165, 1.54) is 130 Å². The fraction of sp³-hybridized carbons (Fsp3) is 0.0492. The minimum Gasteiger partial charge on any atom is -0.135 e. The molecule has 0 radical (unpaired) electrons. The fourth-order valence-electron chi connectivity index (χ4n) is 11.0. The van der Waals surface area contributed by atoms with Crippen LogP contribution in [0.2, 0.25) is 0 Å².